The van der Waals surface area contributed by atoms with E-state index in [1.165, 1.54) is 18.3 Å². The average molecular weight is 283 g/mol. The molecule has 0 amide bonds. The molecule has 4 nitrogen and oxygen atoms in total. The molecule has 21 heavy (non-hydrogen) atoms. The van der Waals surface area contributed by atoms with Gasteiger partial charge in [-0.05, 0) is 30.3 Å². The van der Waals surface area contributed by atoms with Gasteiger partial charge in [-0.15, -0.1) is 0 Å². The number of para-hydroxylation sites is 1. The molecule has 1 N–H and O–H groups in total. The summed E-state index contributed by atoms with van der Waals surface area (Å²) < 4.78 is 18.3. The molecule has 3 rings (SSSR count). The second-order valence-corrected chi connectivity index (χ2v) is 4.42. The minimum Gasteiger partial charge on any atom is -0.423 e. The number of aromatic amines is 1. The lowest BCUT2D eigenvalue weighted by Gasteiger charge is -2.05. The summed E-state index contributed by atoms with van der Waals surface area (Å²) in [7, 11) is 0. The number of halogens is 1. The van der Waals surface area contributed by atoms with Crippen molar-refractivity contribution in [2.24, 2.45) is 0 Å². The zero-order valence-electron chi connectivity index (χ0n) is 10.8. The van der Waals surface area contributed by atoms with E-state index in [0.717, 1.165) is 6.07 Å². The van der Waals surface area contributed by atoms with E-state index in [1.807, 2.05) is 0 Å². The molecule has 0 spiro atoms. The first-order valence-electron chi connectivity index (χ1n) is 6.23. The Labute approximate surface area is 118 Å². The number of hydrogen-bond acceptors (Lipinski definition) is 3. The molecule has 0 fully saturated rings. The molecule has 104 valence electrons. The number of ether oxygens (including phenoxy) is 1. The van der Waals surface area contributed by atoms with Crippen LogP contribution in [-0.2, 0) is 0 Å². The lowest BCUT2D eigenvalue weighted by Crippen LogP contribution is -2.20. The minimum absolute atomic E-state index is 0.109. The van der Waals surface area contributed by atoms with Gasteiger partial charge in [0.15, 0.2) is 0 Å². The average Bonchev–Trinajstić information content (AvgIpc) is 2.49. The van der Waals surface area contributed by atoms with Gasteiger partial charge in [-0.2, -0.15) is 0 Å². The van der Waals surface area contributed by atoms with E-state index in [1.54, 1.807) is 30.3 Å². The van der Waals surface area contributed by atoms with Crippen LogP contribution in [0.4, 0.5) is 4.39 Å². The highest BCUT2D eigenvalue weighted by Gasteiger charge is 2.15. The number of nitrogens with one attached hydrogen (secondary N) is 1. The SMILES string of the molecule is O=C(Oc1ccccc1)c1c[nH]c2ccc(F)cc2c1=O. The molecule has 3 aromatic rings. The van der Waals surface area contributed by atoms with Crippen LogP contribution in [0.3, 0.4) is 0 Å². The van der Waals surface area contributed by atoms with Crippen LogP contribution in [0.1, 0.15) is 10.4 Å². The minimum atomic E-state index is -0.784. The summed E-state index contributed by atoms with van der Waals surface area (Å²) in [5.41, 5.74) is -0.279. The van der Waals surface area contributed by atoms with E-state index >= 15 is 0 Å². The number of rotatable bonds is 2. The summed E-state index contributed by atoms with van der Waals surface area (Å²) in [6.45, 7) is 0. The first-order valence-corrected chi connectivity index (χ1v) is 6.23. The Bertz CT molecular complexity index is 872. The third-order valence-corrected chi connectivity index (χ3v) is 3.02. The molecule has 0 aliphatic heterocycles. The van der Waals surface area contributed by atoms with Crippen LogP contribution < -0.4 is 10.2 Å². The zero-order chi connectivity index (χ0) is 14.8. The van der Waals surface area contributed by atoms with E-state index in [2.05, 4.69) is 4.98 Å². The molecule has 5 heteroatoms. The van der Waals surface area contributed by atoms with E-state index in [0.29, 0.717) is 11.3 Å². The van der Waals surface area contributed by atoms with Gasteiger partial charge in [0.25, 0.3) is 0 Å². The summed E-state index contributed by atoms with van der Waals surface area (Å²) in [4.78, 5) is 27.0. The summed E-state index contributed by atoms with van der Waals surface area (Å²) in [6.07, 6.45) is 1.27. The Morgan fingerprint density at radius 2 is 1.86 bits per heavy atom. The first-order chi connectivity index (χ1) is 10.1. The topological polar surface area (TPSA) is 59.2 Å². The highest BCUT2D eigenvalue weighted by atomic mass is 19.1. The van der Waals surface area contributed by atoms with Crippen molar-refractivity contribution in [2.75, 3.05) is 0 Å². The van der Waals surface area contributed by atoms with Crippen molar-refractivity contribution < 1.29 is 13.9 Å². The third-order valence-electron chi connectivity index (χ3n) is 3.02. The maximum Gasteiger partial charge on any atom is 0.349 e. The number of fused-ring (bicyclic) bond motifs is 1. The quantitative estimate of drug-likeness (QED) is 0.581. The number of carbonyl (C=O) groups excluding carboxylic acids is 1. The fourth-order valence-corrected chi connectivity index (χ4v) is 1.99. The molecule has 1 aromatic heterocycles. The Morgan fingerprint density at radius 1 is 1.10 bits per heavy atom. The molecule has 0 aliphatic rings. The first kappa shape index (κ1) is 13.1. The molecule has 0 aliphatic carbocycles. The Hall–Kier alpha value is -2.95. The number of aromatic nitrogens is 1. The maximum atomic E-state index is 13.2. The second-order valence-electron chi connectivity index (χ2n) is 4.42. The molecular formula is C16H10FNO3. The fraction of sp³-hybridized carbons (Fsp3) is 0. The number of esters is 1. The van der Waals surface area contributed by atoms with Crippen LogP contribution in [0.2, 0.25) is 0 Å². The van der Waals surface area contributed by atoms with E-state index in [9.17, 15) is 14.0 Å². The van der Waals surface area contributed by atoms with Crippen molar-refractivity contribution in [1.29, 1.82) is 0 Å². The van der Waals surface area contributed by atoms with E-state index in [4.69, 9.17) is 4.74 Å². The molecule has 2 aromatic carbocycles. The molecule has 0 saturated heterocycles. The van der Waals surface area contributed by atoms with Crippen LogP contribution in [0.5, 0.6) is 5.75 Å². The molecule has 0 saturated carbocycles. The lowest BCUT2D eigenvalue weighted by atomic mass is 10.1. The Kier molecular flexibility index (Phi) is 3.23. The van der Waals surface area contributed by atoms with Crippen molar-refractivity contribution in [2.45, 2.75) is 0 Å². The molecule has 1 heterocycles. The predicted molar refractivity (Wildman–Crippen MR) is 75.9 cm³/mol. The Morgan fingerprint density at radius 3 is 2.62 bits per heavy atom. The number of hydrogen-bond donors (Lipinski definition) is 1. The van der Waals surface area contributed by atoms with Gasteiger partial charge in [-0.1, -0.05) is 18.2 Å². The van der Waals surface area contributed by atoms with Gasteiger partial charge in [0.1, 0.15) is 17.1 Å². The van der Waals surface area contributed by atoms with Crippen LogP contribution in [0.15, 0.2) is 59.5 Å². The number of benzene rings is 2. The van der Waals surface area contributed by atoms with Gasteiger partial charge in [-0.3, -0.25) is 4.79 Å². The number of pyridine rings is 1. The molecule has 0 bridgehead atoms. The number of H-pyrrole nitrogens is 1. The fourth-order valence-electron chi connectivity index (χ4n) is 1.99. The maximum absolute atomic E-state index is 13.2. The monoisotopic (exact) mass is 283 g/mol. The summed E-state index contributed by atoms with van der Waals surface area (Å²) >= 11 is 0. The standard InChI is InChI=1S/C16H10FNO3/c17-10-6-7-14-12(8-10)15(19)13(9-18-14)16(20)21-11-4-2-1-3-5-11/h1-9H,(H,18,19). The molecule has 0 radical (unpaired) electrons. The van der Waals surface area contributed by atoms with Crippen molar-refractivity contribution in [3.63, 3.8) is 0 Å². The van der Waals surface area contributed by atoms with Gasteiger partial charge in [0.2, 0.25) is 5.43 Å². The van der Waals surface area contributed by atoms with Gasteiger partial charge < -0.3 is 9.72 Å². The molecule has 0 unspecified atom stereocenters. The highest BCUT2D eigenvalue weighted by molar-refractivity contribution is 5.94. The highest BCUT2D eigenvalue weighted by Crippen LogP contribution is 2.13. The van der Waals surface area contributed by atoms with Crippen molar-refractivity contribution in [1.82, 2.24) is 4.98 Å². The van der Waals surface area contributed by atoms with Gasteiger partial charge in [0.05, 0.1) is 0 Å². The second kappa shape index (κ2) is 5.20. The molecule has 0 atom stereocenters. The third kappa shape index (κ3) is 2.53. The smallest absolute Gasteiger partial charge is 0.349 e. The number of carbonyl (C=O) groups is 1. The van der Waals surface area contributed by atoms with E-state index in [-0.39, 0.29) is 10.9 Å². The van der Waals surface area contributed by atoms with Crippen LogP contribution in [-0.4, -0.2) is 11.0 Å². The largest absolute Gasteiger partial charge is 0.423 e. The van der Waals surface area contributed by atoms with Crippen LogP contribution in [0.25, 0.3) is 10.9 Å². The molecular weight excluding hydrogens is 273 g/mol. The van der Waals surface area contributed by atoms with E-state index < -0.39 is 17.2 Å². The lowest BCUT2D eigenvalue weighted by molar-refractivity contribution is 0.0733. The van der Waals surface area contributed by atoms with Gasteiger partial charge in [0, 0.05) is 17.1 Å². The van der Waals surface area contributed by atoms with Crippen molar-refractivity contribution in [3.8, 4) is 5.75 Å². The predicted octanol–water partition coefficient (Wildman–Crippen LogP) is 2.89. The van der Waals surface area contributed by atoms with Gasteiger partial charge in [-0.25, -0.2) is 9.18 Å². The zero-order valence-corrected chi connectivity index (χ0v) is 10.8. The normalized spacial score (nSPS) is 10.5. The summed E-state index contributed by atoms with van der Waals surface area (Å²) in [5.74, 6) is -0.989. The van der Waals surface area contributed by atoms with Crippen LogP contribution >= 0.6 is 0 Å². The summed E-state index contributed by atoms with van der Waals surface area (Å²) in [6, 6.07) is 12.2. The van der Waals surface area contributed by atoms with Gasteiger partial charge >= 0.3 is 5.97 Å². The van der Waals surface area contributed by atoms with Crippen molar-refractivity contribution in [3.05, 3.63) is 76.3 Å². The van der Waals surface area contributed by atoms with Crippen LogP contribution in [0, 0.1) is 5.82 Å². The Balaban J connectivity index is 2.02. The van der Waals surface area contributed by atoms with Crippen molar-refractivity contribution >= 4 is 16.9 Å². The summed E-state index contributed by atoms with van der Waals surface area (Å²) in [5, 5.41) is 0.109.